The maximum absolute atomic E-state index is 13.6. The quantitative estimate of drug-likeness (QED) is 0.102. The average molecular weight is 549 g/mol. The lowest BCUT2D eigenvalue weighted by Gasteiger charge is -2.29. The van der Waals surface area contributed by atoms with E-state index in [9.17, 15) is 4.79 Å². The minimum atomic E-state index is -0.879. The van der Waals surface area contributed by atoms with Crippen LogP contribution < -0.4 is 0 Å². The Balaban J connectivity index is 1.21. The molecule has 0 heterocycles. The van der Waals surface area contributed by atoms with Crippen molar-refractivity contribution in [1.82, 2.24) is 0 Å². The van der Waals surface area contributed by atoms with Crippen molar-refractivity contribution < 1.29 is 14.3 Å². The molecule has 40 heavy (non-hydrogen) atoms. The molecule has 0 radical (unpaired) electrons. The Hall–Kier alpha value is -2.13. The molecule has 0 unspecified atom stereocenters. The molecule has 0 atom stereocenters. The molecule has 3 nitrogen and oxygen atoms in total. The lowest BCUT2D eigenvalue weighted by atomic mass is 9.79. The highest BCUT2D eigenvalue weighted by Crippen LogP contribution is 2.49. The molecule has 1 aliphatic rings. The third kappa shape index (κ3) is 9.47. The highest BCUT2D eigenvalue weighted by molar-refractivity contribution is 5.98. The van der Waals surface area contributed by atoms with Crippen molar-refractivity contribution in [2.24, 2.45) is 0 Å². The average Bonchev–Trinajstić information content (AvgIpc) is 3.27. The Labute approximate surface area is 245 Å². The van der Waals surface area contributed by atoms with E-state index >= 15 is 0 Å². The summed E-state index contributed by atoms with van der Waals surface area (Å²) in [6.45, 7) is 3.06. The van der Waals surface area contributed by atoms with Crippen LogP contribution in [0.1, 0.15) is 140 Å². The van der Waals surface area contributed by atoms with Crippen molar-refractivity contribution in [2.45, 2.75) is 134 Å². The molecule has 3 heteroatoms. The third-order valence-electron chi connectivity index (χ3n) is 8.75. The molecule has 2 aromatic rings. The zero-order valence-electron chi connectivity index (χ0n) is 25.7. The van der Waals surface area contributed by atoms with Crippen LogP contribution >= 0.6 is 0 Å². The van der Waals surface area contributed by atoms with Crippen molar-refractivity contribution in [3.05, 3.63) is 59.7 Å². The summed E-state index contributed by atoms with van der Waals surface area (Å²) >= 11 is 0. The highest BCUT2D eigenvalue weighted by atomic mass is 16.5. The maximum Gasteiger partial charge on any atom is 0.323 e. The molecule has 0 amide bonds. The van der Waals surface area contributed by atoms with Crippen LogP contribution in [0.3, 0.4) is 0 Å². The Morgan fingerprint density at radius 3 is 1.35 bits per heavy atom. The first-order valence-corrected chi connectivity index (χ1v) is 16.6. The smallest absolute Gasteiger partial charge is 0.323 e. The molecule has 0 fully saturated rings. The van der Waals surface area contributed by atoms with Crippen LogP contribution in [-0.4, -0.2) is 26.3 Å². The van der Waals surface area contributed by atoms with Gasteiger partial charge in [0.05, 0.1) is 13.2 Å². The van der Waals surface area contributed by atoms with E-state index in [0.717, 1.165) is 35.1 Å². The summed E-state index contributed by atoms with van der Waals surface area (Å²) in [4.78, 5) is 13.6. The van der Waals surface area contributed by atoms with E-state index in [1.807, 2.05) is 36.4 Å². The maximum atomic E-state index is 13.6. The SMILES string of the molecule is CCCCCCCCCCCCCCCCCCCCCOC(=O)C1(COC)c2ccccc2-c2ccccc21. The van der Waals surface area contributed by atoms with Crippen molar-refractivity contribution in [2.75, 3.05) is 20.3 Å². The van der Waals surface area contributed by atoms with Gasteiger partial charge in [-0.25, -0.2) is 0 Å². The van der Waals surface area contributed by atoms with Crippen molar-refractivity contribution >= 4 is 5.97 Å². The van der Waals surface area contributed by atoms with Crippen LogP contribution in [0.15, 0.2) is 48.5 Å². The fourth-order valence-electron chi connectivity index (χ4n) is 6.44. The minimum Gasteiger partial charge on any atom is -0.465 e. The zero-order valence-corrected chi connectivity index (χ0v) is 25.7. The van der Waals surface area contributed by atoms with Gasteiger partial charge < -0.3 is 9.47 Å². The van der Waals surface area contributed by atoms with Gasteiger partial charge in [0.2, 0.25) is 0 Å². The molecular formula is C37H56O3. The van der Waals surface area contributed by atoms with Gasteiger partial charge in [-0.3, -0.25) is 4.79 Å². The fraction of sp³-hybridized carbons (Fsp3) is 0.649. The second-order valence-electron chi connectivity index (χ2n) is 11.9. The number of carbonyl (C=O) groups excluding carboxylic acids is 1. The first-order chi connectivity index (χ1) is 19.8. The molecule has 0 aliphatic heterocycles. The van der Waals surface area contributed by atoms with Crippen LogP contribution in [-0.2, 0) is 19.7 Å². The number of hydrogen-bond acceptors (Lipinski definition) is 3. The lowest BCUT2D eigenvalue weighted by Crippen LogP contribution is -2.41. The monoisotopic (exact) mass is 548 g/mol. The van der Waals surface area contributed by atoms with Crippen molar-refractivity contribution in [3.63, 3.8) is 0 Å². The fourth-order valence-corrected chi connectivity index (χ4v) is 6.44. The summed E-state index contributed by atoms with van der Waals surface area (Å²) in [6, 6.07) is 16.3. The summed E-state index contributed by atoms with van der Waals surface area (Å²) in [5.74, 6) is -0.186. The molecule has 1 aliphatic carbocycles. The molecule has 0 saturated heterocycles. The third-order valence-corrected chi connectivity index (χ3v) is 8.75. The number of fused-ring (bicyclic) bond motifs is 3. The zero-order chi connectivity index (χ0) is 28.3. The van der Waals surface area contributed by atoms with Gasteiger partial charge in [-0.2, -0.15) is 0 Å². The predicted octanol–water partition coefficient (Wildman–Crippen LogP) is 10.6. The summed E-state index contributed by atoms with van der Waals surface area (Å²) in [5.41, 5.74) is 3.33. The molecule has 2 aromatic carbocycles. The number of methoxy groups -OCH3 is 1. The Morgan fingerprint density at radius 1 is 0.575 bits per heavy atom. The van der Waals surface area contributed by atoms with E-state index in [1.165, 1.54) is 109 Å². The number of hydrogen-bond donors (Lipinski definition) is 0. The van der Waals surface area contributed by atoms with Crippen molar-refractivity contribution in [1.29, 1.82) is 0 Å². The summed E-state index contributed by atoms with van der Waals surface area (Å²) < 4.78 is 11.5. The number of carbonyl (C=O) groups is 1. The standard InChI is InChI=1S/C37H56O3/c1-3-4-5-6-7-8-9-10-11-12-13-14-15-16-17-18-19-20-25-30-40-36(38)37(31-39-2)34-28-23-21-26-32(34)33-27-22-24-29-35(33)37/h21-24,26-29H,3-20,25,30-31H2,1-2H3. The first kappa shape index (κ1) is 32.4. The molecule has 222 valence electrons. The van der Waals surface area contributed by atoms with Crippen LogP contribution in [0.4, 0.5) is 0 Å². The van der Waals surface area contributed by atoms with E-state index in [4.69, 9.17) is 9.47 Å². The molecule has 3 rings (SSSR count). The predicted molar refractivity (Wildman–Crippen MR) is 169 cm³/mol. The number of unbranched alkanes of at least 4 members (excludes halogenated alkanes) is 18. The normalized spacial score (nSPS) is 13.2. The van der Waals surface area contributed by atoms with Gasteiger partial charge in [0.15, 0.2) is 0 Å². The van der Waals surface area contributed by atoms with E-state index in [2.05, 4.69) is 19.1 Å². The van der Waals surface area contributed by atoms with Gasteiger partial charge in [0.25, 0.3) is 0 Å². The Bertz CT molecular complexity index is 920. The van der Waals surface area contributed by atoms with Gasteiger partial charge in [0, 0.05) is 7.11 Å². The number of esters is 1. The Kier molecular flexibility index (Phi) is 15.4. The Morgan fingerprint density at radius 2 is 0.950 bits per heavy atom. The second-order valence-corrected chi connectivity index (χ2v) is 11.9. The molecule has 0 bridgehead atoms. The molecular weight excluding hydrogens is 492 g/mol. The van der Waals surface area contributed by atoms with E-state index < -0.39 is 5.41 Å². The van der Waals surface area contributed by atoms with Crippen LogP contribution in [0, 0.1) is 0 Å². The summed E-state index contributed by atoms with van der Waals surface area (Å²) in [7, 11) is 1.66. The van der Waals surface area contributed by atoms with E-state index in [1.54, 1.807) is 7.11 Å². The second kappa shape index (κ2) is 19.1. The highest BCUT2D eigenvalue weighted by Gasteiger charge is 2.50. The van der Waals surface area contributed by atoms with Crippen LogP contribution in [0.5, 0.6) is 0 Å². The topological polar surface area (TPSA) is 35.5 Å². The minimum absolute atomic E-state index is 0.186. The molecule has 0 aromatic heterocycles. The largest absolute Gasteiger partial charge is 0.465 e. The van der Waals surface area contributed by atoms with Gasteiger partial charge in [-0.1, -0.05) is 171 Å². The number of ether oxygens (including phenoxy) is 2. The number of benzene rings is 2. The molecule has 0 saturated carbocycles. The van der Waals surface area contributed by atoms with E-state index in [0.29, 0.717) is 13.2 Å². The van der Waals surface area contributed by atoms with Crippen molar-refractivity contribution in [3.8, 4) is 11.1 Å². The molecule has 0 N–H and O–H groups in total. The van der Waals surface area contributed by atoms with Gasteiger partial charge in [0.1, 0.15) is 5.41 Å². The number of rotatable bonds is 23. The van der Waals surface area contributed by atoms with Crippen LogP contribution in [0.2, 0.25) is 0 Å². The van der Waals surface area contributed by atoms with Gasteiger partial charge in [-0.15, -0.1) is 0 Å². The van der Waals surface area contributed by atoms with Gasteiger partial charge in [-0.05, 0) is 28.7 Å². The summed E-state index contributed by atoms with van der Waals surface area (Å²) in [6.07, 6.45) is 25.8. The lowest BCUT2D eigenvalue weighted by molar-refractivity contribution is -0.151. The molecule has 0 spiro atoms. The van der Waals surface area contributed by atoms with E-state index in [-0.39, 0.29) is 5.97 Å². The van der Waals surface area contributed by atoms with Crippen LogP contribution in [0.25, 0.3) is 11.1 Å². The summed E-state index contributed by atoms with van der Waals surface area (Å²) in [5, 5.41) is 0. The van der Waals surface area contributed by atoms with Gasteiger partial charge >= 0.3 is 5.97 Å². The first-order valence-electron chi connectivity index (χ1n) is 16.6.